The molecule has 4 rings (SSSR count). The van der Waals surface area contributed by atoms with Crippen LogP contribution in [0.1, 0.15) is 28.8 Å². The Bertz CT molecular complexity index is 908. The van der Waals surface area contributed by atoms with E-state index < -0.39 is 0 Å². The number of fused-ring (bicyclic) bond motifs is 1. The molecule has 0 unspecified atom stereocenters. The van der Waals surface area contributed by atoms with Crippen molar-refractivity contribution in [1.82, 2.24) is 5.32 Å². The SMILES string of the molecule is O=C1CNc2ccc(C(=O)NCc3ccc(N4CCCC4=O)cc3)cc2N1. The van der Waals surface area contributed by atoms with Gasteiger partial charge in [-0.2, -0.15) is 0 Å². The summed E-state index contributed by atoms with van der Waals surface area (Å²) >= 11 is 0. The van der Waals surface area contributed by atoms with Crippen molar-refractivity contribution in [2.24, 2.45) is 0 Å². The Hall–Kier alpha value is -3.35. The summed E-state index contributed by atoms with van der Waals surface area (Å²) in [6.07, 6.45) is 1.50. The van der Waals surface area contributed by atoms with Gasteiger partial charge in [0.15, 0.2) is 0 Å². The third kappa shape index (κ3) is 3.62. The van der Waals surface area contributed by atoms with E-state index in [9.17, 15) is 14.4 Å². The molecule has 2 aromatic carbocycles. The molecule has 2 aliphatic heterocycles. The largest absolute Gasteiger partial charge is 0.374 e. The first kappa shape index (κ1) is 17.1. The standard InChI is InChI=1S/C20H20N4O3/c25-18-12-21-16-8-5-14(10-17(16)23-18)20(27)22-11-13-3-6-15(7-4-13)24-9-1-2-19(24)26/h3-8,10,21H,1-2,9,11-12H2,(H,22,27)(H,23,25). The molecule has 0 atom stereocenters. The van der Waals surface area contributed by atoms with Gasteiger partial charge in [-0.1, -0.05) is 12.1 Å². The summed E-state index contributed by atoms with van der Waals surface area (Å²) in [6.45, 7) is 1.38. The molecule has 1 fully saturated rings. The number of anilines is 3. The zero-order valence-corrected chi connectivity index (χ0v) is 14.7. The van der Waals surface area contributed by atoms with Crippen molar-refractivity contribution in [3.8, 4) is 0 Å². The number of amides is 3. The molecule has 0 radical (unpaired) electrons. The molecule has 2 heterocycles. The minimum atomic E-state index is -0.212. The lowest BCUT2D eigenvalue weighted by atomic mass is 10.1. The fourth-order valence-corrected chi connectivity index (χ4v) is 3.31. The third-order valence-corrected chi connectivity index (χ3v) is 4.77. The van der Waals surface area contributed by atoms with Crippen LogP contribution in [0.4, 0.5) is 17.1 Å². The summed E-state index contributed by atoms with van der Waals surface area (Å²) in [6, 6.07) is 12.8. The van der Waals surface area contributed by atoms with E-state index in [2.05, 4.69) is 16.0 Å². The maximum Gasteiger partial charge on any atom is 0.251 e. The van der Waals surface area contributed by atoms with Crippen molar-refractivity contribution in [3.05, 3.63) is 53.6 Å². The highest BCUT2D eigenvalue weighted by molar-refractivity contribution is 6.03. The van der Waals surface area contributed by atoms with Crippen LogP contribution in [0, 0.1) is 0 Å². The molecular formula is C20H20N4O3. The lowest BCUT2D eigenvalue weighted by Crippen LogP contribution is -2.28. The van der Waals surface area contributed by atoms with E-state index in [0.717, 1.165) is 29.9 Å². The fraction of sp³-hybridized carbons (Fsp3) is 0.250. The van der Waals surface area contributed by atoms with Crippen LogP contribution in [-0.2, 0) is 16.1 Å². The number of nitrogens with zero attached hydrogens (tertiary/aromatic N) is 1. The quantitative estimate of drug-likeness (QED) is 0.775. The van der Waals surface area contributed by atoms with Crippen molar-refractivity contribution in [2.45, 2.75) is 19.4 Å². The van der Waals surface area contributed by atoms with Crippen molar-refractivity contribution in [3.63, 3.8) is 0 Å². The average Bonchev–Trinajstić information content (AvgIpc) is 3.12. The van der Waals surface area contributed by atoms with Gasteiger partial charge in [0.2, 0.25) is 11.8 Å². The Morgan fingerprint density at radius 1 is 1.07 bits per heavy atom. The second kappa shape index (κ2) is 7.11. The molecule has 0 spiro atoms. The molecule has 3 amide bonds. The summed E-state index contributed by atoms with van der Waals surface area (Å²) in [5.74, 6) is -0.182. The normalized spacial score (nSPS) is 15.8. The Morgan fingerprint density at radius 3 is 2.63 bits per heavy atom. The molecule has 2 aromatic rings. The van der Waals surface area contributed by atoms with E-state index in [1.807, 2.05) is 24.3 Å². The summed E-state index contributed by atoms with van der Waals surface area (Å²) in [4.78, 5) is 37.5. The smallest absolute Gasteiger partial charge is 0.251 e. The van der Waals surface area contributed by atoms with Gasteiger partial charge in [0.25, 0.3) is 5.91 Å². The van der Waals surface area contributed by atoms with E-state index in [4.69, 9.17) is 0 Å². The molecule has 138 valence electrons. The van der Waals surface area contributed by atoms with Crippen LogP contribution in [0.2, 0.25) is 0 Å². The predicted molar refractivity (Wildman–Crippen MR) is 103 cm³/mol. The zero-order valence-electron chi connectivity index (χ0n) is 14.7. The van der Waals surface area contributed by atoms with Gasteiger partial charge in [0, 0.05) is 30.8 Å². The minimum Gasteiger partial charge on any atom is -0.374 e. The molecule has 0 aliphatic carbocycles. The van der Waals surface area contributed by atoms with Crippen LogP contribution >= 0.6 is 0 Å². The first-order chi connectivity index (χ1) is 13.1. The van der Waals surface area contributed by atoms with Gasteiger partial charge in [0.1, 0.15) is 0 Å². The number of benzene rings is 2. The number of nitrogens with one attached hydrogen (secondary N) is 3. The van der Waals surface area contributed by atoms with Gasteiger partial charge in [-0.25, -0.2) is 0 Å². The van der Waals surface area contributed by atoms with Gasteiger partial charge in [-0.15, -0.1) is 0 Å². The molecule has 1 saturated heterocycles. The highest BCUT2D eigenvalue weighted by atomic mass is 16.2. The summed E-state index contributed by atoms with van der Waals surface area (Å²) in [5.41, 5.74) is 3.74. The second-order valence-corrected chi connectivity index (χ2v) is 6.66. The van der Waals surface area contributed by atoms with E-state index in [1.165, 1.54) is 0 Å². The number of hydrogen-bond acceptors (Lipinski definition) is 4. The third-order valence-electron chi connectivity index (χ3n) is 4.77. The number of carbonyl (C=O) groups is 3. The van der Waals surface area contributed by atoms with E-state index in [0.29, 0.717) is 24.2 Å². The Morgan fingerprint density at radius 2 is 1.89 bits per heavy atom. The molecule has 7 heteroatoms. The van der Waals surface area contributed by atoms with Gasteiger partial charge >= 0.3 is 0 Å². The van der Waals surface area contributed by atoms with Crippen LogP contribution in [-0.4, -0.2) is 30.8 Å². The van der Waals surface area contributed by atoms with Crippen molar-refractivity contribution in [1.29, 1.82) is 0 Å². The van der Waals surface area contributed by atoms with Crippen LogP contribution in [0.25, 0.3) is 0 Å². The van der Waals surface area contributed by atoms with Gasteiger partial charge < -0.3 is 20.9 Å². The fourth-order valence-electron chi connectivity index (χ4n) is 3.31. The van der Waals surface area contributed by atoms with E-state index in [1.54, 1.807) is 23.1 Å². The van der Waals surface area contributed by atoms with Crippen molar-refractivity contribution < 1.29 is 14.4 Å². The van der Waals surface area contributed by atoms with Gasteiger partial charge in [-0.05, 0) is 42.3 Å². The molecule has 27 heavy (non-hydrogen) atoms. The lowest BCUT2D eigenvalue weighted by molar-refractivity contribution is -0.117. The maximum atomic E-state index is 12.4. The summed E-state index contributed by atoms with van der Waals surface area (Å²) < 4.78 is 0. The monoisotopic (exact) mass is 364 g/mol. The van der Waals surface area contributed by atoms with Crippen LogP contribution in [0.3, 0.4) is 0 Å². The molecule has 3 N–H and O–H groups in total. The van der Waals surface area contributed by atoms with Gasteiger partial charge in [0.05, 0.1) is 17.9 Å². The van der Waals surface area contributed by atoms with Crippen molar-refractivity contribution >= 4 is 34.8 Å². The predicted octanol–water partition coefficient (Wildman–Crippen LogP) is 2.11. The highest BCUT2D eigenvalue weighted by Crippen LogP contribution is 2.26. The van der Waals surface area contributed by atoms with E-state index in [-0.39, 0.29) is 24.3 Å². The maximum absolute atomic E-state index is 12.4. The number of carbonyl (C=O) groups excluding carboxylic acids is 3. The topological polar surface area (TPSA) is 90.5 Å². The number of rotatable bonds is 4. The number of hydrogen-bond donors (Lipinski definition) is 3. The van der Waals surface area contributed by atoms with Gasteiger partial charge in [-0.3, -0.25) is 14.4 Å². The Balaban J connectivity index is 1.38. The molecule has 0 saturated carbocycles. The molecule has 0 aromatic heterocycles. The molecule has 0 bridgehead atoms. The van der Waals surface area contributed by atoms with E-state index >= 15 is 0 Å². The first-order valence-corrected chi connectivity index (χ1v) is 8.95. The average molecular weight is 364 g/mol. The highest BCUT2D eigenvalue weighted by Gasteiger charge is 2.21. The minimum absolute atomic E-state index is 0.128. The lowest BCUT2D eigenvalue weighted by Gasteiger charge is -2.19. The molecule has 2 aliphatic rings. The zero-order chi connectivity index (χ0) is 18.8. The first-order valence-electron chi connectivity index (χ1n) is 8.95. The Kier molecular flexibility index (Phi) is 4.50. The Labute approximate surface area is 156 Å². The summed E-state index contributed by atoms with van der Waals surface area (Å²) in [7, 11) is 0. The van der Waals surface area contributed by atoms with Crippen LogP contribution in [0.5, 0.6) is 0 Å². The summed E-state index contributed by atoms with van der Waals surface area (Å²) in [5, 5.41) is 8.63. The van der Waals surface area contributed by atoms with Crippen LogP contribution < -0.4 is 20.9 Å². The molecule has 7 nitrogen and oxygen atoms in total. The molecular weight excluding hydrogens is 344 g/mol. The second-order valence-electron chi connectivity index (χ2n) is 6.66. The van der Waals surface area contributed by atoms with Crippen molar-refractivity contribution in [2.75, 3.05) is 28.6 Å². The van der Waals surface area contributed by atoms with Crippen LogP contribution in [0.15, 0.2) is 42.5 Å².